The minimum atomic E-state index is 0.359. The van der Waals surface area contributed by atoms with Gasteiger partial charge in [-0.1, -0.05) is 32.6 Å². The summed E-state index contributed by atoms with van der Waals surface area (Å²) in [5.41, 5.74) is 2.38. The molecule has 0 bridgehead atoms. The number of benzene rings is 1. The van der Waals surface area contributed by atoms with Gasteiger partial charge in [0.05, 0.1) is 0 Å². The lowest BCUT2D eigenvalue weighted by atomic mass is 10.1. The maximum atomic E-state index is 5.70. The quantitative estimate of drug-likeness (QED) is 0.725. The zero-order chi connectivity index (χ0) is 12.7. The van der Waals surface area contributed by atoms with E-state index < -0.39 is 0 Å². The van der Waals surface area contributed by atoms with Crippen LogP contribution in [-0.4, -0.2) is 13.2 Å². The van der Waals surface area contributed by atoms with Crippen molar-refractivity contribution in [1.82, 2.24) is 5.32 Å². The van der Waals surface area contributed by atoms with Gasteiger partial charge in [-0.05, 0) is 43.2 Å². The molecule has 0 saturated carbocycles. The Balaban J connectivity index is 2.62. The third-order valence-corrected chi connectivity index (χ3v) is 2.81. The Hall–Kier alpha value is -1.28. The van der Waals surface area contributed by atoms with Gasteiger partial charge in [0.25, 0.3) is 0 Å². The molecule has 0 aliphatic carbocycles. The van der Waals surface area contributed by atoms with E-state index in [1.54, 1.807) is 0 Å². The Morgan fingerprint density at radius 2 is 2.18 bits per heavy atom. The van der Waals surface area contributed by atoms with Crippen molar-refractivity contribution in [3.05, 3.63) is 42.0 Å². The summed E-state index contributed by atoms with van der Waals surface area (Å²) >= 11 is 0. The van der Waals surface area contributed by atoms with Crippen LogP contribution in [-0.2, 0) is 0 Å². The zero-order valence-electron chi connectivity index (χ0n) is 11.1. The Labute approximate surface area is 105 Å². The highest BCUT2D eigenvalue weighted by molar-refractivity contribution is 5.30. The highest BCUT2D eigenvalue weighted by Gasteiger charge is 2.04. The first-order valence-electron chi connectivity index (χ1n) is 6.30. The van der Waals surface area contributed by atoms with E-state index in [9.17, 15) is 0 Å². The average molecular weight is 233 g/mol. The minimum absolute atomic E-state index is 0.359. The van der Waals surface area contributed by atoms with E-state index in [0.717, 1.165) is 24.3 Å². The van der Waals surface area contributed by atoms with Crippen molar-refractivity contribution in [3.63, 3.8) is 0 Å². The van der Waals surface area contributed by atoms with Crippen LogP contribution in [0.3, 0.4) is 0 Å². The highest BCUT2D eigenvalue weighted by Crippen LogP contribution is 2.19. The molecule has 0 radical (unpaired) electrons. The fourth-order valence-corrected chi connectivity index (χ4v) is 1.59. The van der Waals surface area contributed by atoms with Crippen molar-refractivity contribution < 1.29 is 4.74 Å². The summed E-state index contributed by atoms with van der Waals surface area (Å²) in [6, 6.07) is 8.60. The average Bonchev–Trinajstić information content (AvgIpc) is 2.36. The first-order chi connectivity index (χ1) is 8.17. The Kier molecular flexibility index (Phi) is 5.78. The molecule has 1 N–H and O–H groups in total. The summed E-state index contributed by atoms with van der Waals surface area (Å²) in [5, 5.41) is 3.39. The van der Waals surface area contributed by atoms with Gasteiger partial charge < -0.3 is 10.1 Å². The lowest BCUT2D eigenvalue weighted by Crippen LogP contribution is -2.17. The standard InChI is InChI=1S/C15H23NO/c1-5-12(3)11-17-15-9-7-8-14(10-15)13(4)16-6-2/h7-10,13,16H,3,5-6,11H2,1-2,4H3. The van der Waals surface area contributed by atoms with Crippen LogP contribution in [0.4, 0.5) is 0 Å². The molecule has 0 amide bonds. The molecule has 17 heavy (non-hydrogen) atoms. The van der Waals surface area contributed by atoms with Gasteiger partial charge in [0.2, 0.25) is 0 Å². The fourth-order valence-electron chi connectivity index (χ4n) is 1.59. The molecule has 0 fully saturated rings. The summed E-state index contributed by atoms with van der Waals surface area (Å²) in [7, 11) is 0. The van der Waals surface area contributed by atoms with Crippen LogP contribution >= 0.6 is 0 Å². The third kappa shape index (κ3) is 4.61. The van der Waals surface area contributed by atoms with Crippen LogP contribution < -0.4 is 10.1 Å². The number of ether oxygens (including phenoxy) is 1. The second-order valence-corrected chi connectivity index (χ2v) is 4.24. The van der Waals surface area contributed by atoms with Crippen molar-refractivity contribution >= 4 is 0 Å². The lowest BCUT2D eigenvalue weighted by Gasteiger charge is -2.14. The molecule has 1 aromatic rings. The van der Waals surface area contributed by atoms with Crippen molar-refractivity contribution in [2.45, 2.75) is 33.2 Å². The van der Waals surface area contributed by atoms with Crippen LogP contribution in [0.2, 0.25) is 0 Å². The van der Waals surface area contributed by atoms with Gasteiger partial charge in [0.1, 0.15) is 12.4 Å². The largest absolute Gasteiger partial charge is 0.489 e. The molecular weight excluding hydrogens is 210 g/mol. The molecule has 2 nitrogen and oxygen atoms in total. The second kappa shape index (κ2) is 7.13. The van der Waals surface area contributed by atoms with E-state index in [0.29, 0.717) is 12.6 Å². The number of hydrogen-bond donors (Lipinski definition) is 1. The van der Waals surface area contributed by atoms with Crippen molar-refractivity contribution in [1.29, 1.82) is 0 Å². The maximum absolute atomic E-state index is 5.70. The normalized spacial score (nSPS) is 12.2. The van der Waals surface area contributed by atoms with E-state index >= 15 is 0 Å². The van der Waals surface area contributed by atoms with Crippen LogP contribution in [0.25, 0.3) is 0 Å². The molecule has 1 rings (SSSR count). The van der Waals surface area contributed by atoms with Gasteiger partial charge >= 0.3 is 0 Å². The summed E-state index contributed by atoms with van der Waals surface area (Å²) in [6.07, 6.45) is 0.966. The van der Waals surface area contributed by atoms with E-state index in [-0.39, 0.29) is 0 Å². The molecular formula is C15H23NO. The number of hydrogen-bond acceptors (Lipinski definition) is 2. The lowest BCUT2D eigenvalue weighted by molar-refractivity contribution is 0.348. The zero-order valence-corrected chi connectivity index (χ0v) is 11.1. The van der Waals surface area contributed by atoms with Crippen molar-refractivity contribution in [2.24, 2.45) is 0 Å². The topological polar surface area (TPSA) is 21.3 Å². The molecule has 1 aromatic carbocycles. The summed E-state index contributed by atoms with van der Waals surface area (Å²) in [5.74, 6) is 0.918. The molecule has 0 spiro atoms. The van der Waals surface area contributed by atoms with Gasteiger partial charge in [-0.15, -0.1) is 0 Å². The van der Waals surface area contributed by atoms with Gasteiger partial charge in [-0.3, -0.25) is 0 Å². The van der Waals surface area contributed by atoms with E-state index in [1.165, 1.54) is 5.56 Å². The van der Waals surface area contributed by atoms with E-state index in [2.05, 4.69) is 44.8 Å². The second-order valence-electron chi connectivity index (χ2n) is 4.24. The first-order valence-corrected chi connectivity index (χ1v) is 6.30. The van der Waals surface area contributed by atoms with Gasteiger partial charge in [0, 0.05) is 6.04 Å². The highest BCUT2D eigenvalue weighted by atomic mass is 16.5. The molecule has 0 heterocycles. The smallest absolute Gasteiger partial charge is 0.120 e. The van der Waals surface area contributed by atoms with Crippen LogP contribution in [0.15, 0.2) is 36.4 Å². The molecule has 0 aromatic heterocycles. The van der Waals surface area contributed by atoms with Crippen molar-refractivity contribution in [3.8, 4) is 5.75 Å². The Bertz CT molecular complexity index is 360. The SMILES string of the molecule is C=C(CC)COc1cccc(C(C)NCC)c1. The minimum Gasteiger partial charge on any atom is -0.489 e. The van der Waals surface area contributed by atoms with E-state index in [4.69, 9.17) is 4.74 Å². The predicted octanol–water partition coefficient (Wildman–Crippen LogP) is 3.70. The van der Waals surface area contributed by atoms with Crippen LogP contribution in [0.1, 0.15) is 38.8 Å². The monoisotopic (exact) mass is 233 g/mol. The summed E-state index contributed by atoms with van der Waals surface area (Å²) in [4.78, 5) is 0. The number of rotatable bonds is 7. The molecule has 0 aliphatic heterocycles. The summed E-state index contributed by atoms with van der Waals surface area (Å²) in [6.45, 7) is 11.9. The van der Waals surface area contributed by atoms with Gasteiger partial charge in [-0.25, -0.2) is 0 Å². The van der Waals surface area contributed by atoms with Gasteiger partial charge in [-0.2, -0.15) is 0 Å². The molecule has 94 valence electrons. The molecule has 1 unspecified atom stereocenters. The molecule has 2 heteroatoms. The van der Waals surface area contributed by atoms with E-state index in [1.807, 2.05) is 12.1 Å². The van der Waals surface area contributed by atoms with Crippen LogP contribution in [0, 0.1) is 0 Å². The Morgan fingerprint density at radius 3 is 2.82 bits per heavy atom. The molecule has 1 atom stereocenters. The third-order valence-electron chi connectivity index (χ3n) is 2.81. The predicted molar refractivity (Wildman–Crippen MR) is 73.5 cm³/mol. The van der Waals surface area contributed by atoms with Crippen LogP contribution in [0.5, 0.6) is 5.75 Å². The van der Waals surface area contributed by atoms with Crippen molar-refractivity contribution in [2.75, 3.05) is 13.2 Å². The number of nitrogens with one attached hydrogen (secondary N) is 1. The molecule has 0 aliphatic rings. The van der Waals surface area contributed by atoms with Gasteiger partial charge in [0.15, 0.2) is 0 Å². The Morgan fingerprint density at radius 1 is 1.41 bits per heavy atom. The molecule has 0 saturated heterocycles. The summed E-state index contributed by atoms with van der Waals surface area (Å²) < 4.78 is 5.70. The first kappa shape index (κ1) is 13.8. The fraction of sp³-hybridized carbons (Fsp3) is 0.467. The maximum Gasteiger partial charge on any atom is 0.120 e.